The molecule has 1 unspecified atom stereocenters. The van der Waals surface area contributed by atoms with Crippen LogP contribution >= 0.6 is 15.9 Å². The van der Waals surface area contributed by atoms with E-state index in [0.717, 1.165) is 15.6 Å². The summed E-state index contributed by atoms with van der Waals surface area (Å²) in [5, 5.41) is 24.8. The summed E-state index contributed by atoms with van der Waals surface area (Å²) in [5.74, 6) is 0. The number of hydroxylamine groups is 1. The summed E-state index contributed by atoms with van der Waals surface area (Å²) in [5.41, 5.74) is 1.33. The maximum atomic E-state index is 13.3. The first-order chi connectivity index (χ1) is 12.6. The molecule has 0 bridgehead atoms. The quantitative estimate of drug-likeness (QED) is 0.507. The largest absolute Gasteiger partial charge is 0.621 e. The van der Waals surface area contributed by atoms with Gasteiger partial charge in [0.1, 0.15) is 0 Å². The Balaban J connectivity index is 1.94. The van der Waals surface area contributed by atoms with Gasteiger partial charge < -0.3 is 10.3 Å². The number of halogens is 1. The molecule has 4 rings (SSSR count). The molecule has 0 saturated carbocycles. The van der Waals surface area contributed by atoms with Crippen LogP contribution in [0.1, 0.15) is 16.7 Å². The van der Waals surface area contributed by atoms with Gasteiger partial charge in [0, 0.05) is 16.1 Å². The van der Waals surface area contributed by atoms with Crippen molar-refractivity contribution in [2.45, 2.75) is 5.72 Å². The molecule has 3 nitrogen and oxygen atoms in total. The number of aliphatic hydroxyl groups is 1. The Bertz CT molecular complexity index is 995. The van der Waals surface area contributed by atoms with Gasteiger partial charge in [0.2, 0.25) is 5.71 Å². The molecular weight excluding hydrogens is 390 g/mol. The summed E-state index contributed by atoms with van der Waals surface area (Å²) in [6.45, 7) is 0. The van der Waals surface area contributed by atoms with E-state index >= 15 is 0 Å². The van der Waals surface area contributed by atoms with Crippen LogP contribution in [0, 0.1) is 5.21 Å². The highest BCUT2D eigenvalue weighted by Crippen LogP contribution is 2.41. The monoisotopic (exact) mass is 405 g/mol. The summed E-state index contributed by atoms with van der Waals surface area (Å²) in [6, 6.07) is 26.0. The van der Waals surface area contributed by atoms with Crippen molar-refractivity contribution in [3.8, 4) is 0 Å². The first kappa shape index (κ1) is 16.8. The fourth-order valence-electron chi connectivity index (χ4n) is 3.25. The molecule has 1 heterocycles. The fourth-order valence-corrected chi connectivity index (χ4v) is 3.51. The number of hydrogen-bond donors (Lipinski definition) is 1. The molecule has 0 fully saturated rings. The SMILES string of the molecule is [O-][N+]1=C(c2ccc(Br)cc2)C=C(c2ccccc2)C1(O)c1ccccc1. The van der Waals surface area contributed by atoms with Crippen LogP contribution in [0.25, 0.3) is 5.57 Å². The second-order valence-corrected chi connectivity index (χ2v) is 7.06. The minimum absolute atomic E-state index is 0.433. The Kier molecular flexibility index (Phi) is 4.23. The van der Waals surface area contributed by atoms with Gasteiger partial charge in [0.15, 0.2) is 0 Å². The maximum Gasteiger partial charge on any atom is 0.330 e. The topological polar surface area (TPSA) is 46.3 Å². The Hall–Kier alpha value is -2.69. The van der Waals surface area contributed by atoms with E-state index in [9.17, 15) is 10.3 Å². The van der Waals surface area contributed by atoms with Crippen LogP contribution < -0.4 is 0 Å². The molecule has 0 aliphatic carbocycles. The van der Waals surface area contributed by atoms with Gasteiger partial charge in [-0.05, 0) is 42.0 Å². The molecule has 1 atom stereocenters. The predicted octanol–water partition coefficient (Wildman–Crippen LogP) is 4.69. The van der Waals surface area contributed by atoms with Gasteiger partial charge in [-0.2, -0.15) is 4.74 Å². The number of allylic oxidation sites excluding steroid dienone is 1. The highest BCUT2D eigenvalue weighted by Gasteiger charge is 2.49. The second-order valence-electron chi connectivity index (χ2n) is 6.15. The lowest BCUT2D eigenvalue weighted by Gasteiger charge is -2.26. The molecule has 4 heteroatoms. The Morgan fingerprint density at radius 2 is 1.35 bits per heavy atom. The van der Waals surface area contributed by atoms with Gasteiger partial charge in [0.25, 0.3) is 0 Å². The Labute approximate surface area is 160 Å². The zero-order valence-corrected chi connectivity index (χ0v) is 15.4. The Morgan fingerprint density at radius 1 is 0.769 bits per heavy atom. The standard InChI is InChI=1S/C22H16BrNO2/c23-19-13-11-17(12-14-19)21-15-20(16-7-3-1-4-8-16)22(25,24(21)26)18-9-5-2-6-10-18/h1-15,25H. The van der Waals surface area contributed by atoms with E-state index in [1.807, 2.05) is 72.8 Å². The minimum Gasteiger partial charge on any atom is -0.621 e. The zero-order chi connectivity index (χ0) is 18.1. The summed E-state index contributed by atoms with van der Waals surface area (Å²) in [4.78, 5) is 0. The molecule has 1 aliphatic rings. The van der Waals surface area contributed by atoms with Crippen LogP contribution in [0.5, 0.6) is 0 Å². The zero-order valence-electron chi connectivity index (χ0n) is 13.8. The molecule has 1 aliphatic heterocycles. The molecule has 0 saturated heterocycles. The molecule has 1 N–H and O–H groups in total. The van der Waals surface area contributed by atoms with Crippen molar-refractivity contribution in [1.82, 2.24) is 0 Å². The first-order valence-electron chi connectivity index (χ1n) is 8.26. The van der Waals surface area contributed by atoms with Gasteiger partial charge in [-0.1, -0.05) is 64.5 Å². The molecule has 128 valence electrons. The van der Waals surface area contributed by atoms with Crippen LogP contribution in [-0.2, 0) is 5.72 Å². The van der Waals surface area contributed by atoms with Crippen LogP contribution in [0.3, 0.4) is 0 Å². The maximum absolute atomic E-state index is 13.3. The molecule has 0 aromatic heterocycles. The van der Waals surface area contributed by atoms with E-state index in [-0.39, 0.29) is 0 Å². The van der Waals surface area contributed by atoms with Gasteiger partial charge in [-0.3, -0.25) is 0 Å². The number of benzene rings is 3. The summed E-state index contributed by atoms with van der Waals surface area (Å²) in [6.07, 6.45) is 1.78. The molecule has 3 aromatic carbocycles. The summed E-state index contributed by atoms with van der Waals surface area (Å²) < 4.78 is 1.64. The van der Waals surface area contributed by atoms with Crippen LogP contribution in [0.15, 0.2) is 95.5 Å². The van der Waals surface area contributed by atoms with Crippen molar-refractivity contribution >= 4 is 27.2 Å². The lowest BCUT2D eigenvalue weighted by Crippen LogP contribution is -2.36. The molecule has 0 radical (unpaired) electrons. The average Bonchev–Trinajstić information content (AvgIpc) is 2.96. The third-order valence-electron chi connectivity index (χ3n) is 4.57. The molecule has 0 spiro atoms. The molecule has 3 aromatic rings. The highest BCUT2D eigenvalue weighted by molar-refractivity contribution is 9.10. The third-order valence-corrected chi connectivity index (χ3v) is 5.10. The minimum atomic E-state index is -1.77. The highest BCUT2D eigenvalue weighted by atomic mass is 79.9. The number of nitrogens with zero attached hydrogens (tertiary/aromatic N) is 1. The van der Waals surface area contributed by atoms with Gasteiger partial charge in [-0.15, -0.1) is 0 Å². The average molecular weight is 406 g/mol. The van der Waals surface area contributed by atoms with E-state index in [1.165, 1.54) is 0 Å². The van der Waals surface area contributed by atoms with Crippen molar-refractivity contribution in [2.24, 2.45) is 0 Å². The summed E-state index contributed by atoms with van der Waals surface area (Å²) in [7, 11) is 0. The van der Waals surface area contributed by atoms with Crippen LogP contribution in [-0.4, -0.2) is 15.6 Å². The van der Waals surface area contributed by atoms with Crippen molar-refractivity contribution < 1.29 is 9.85 Å². The molecular formula is C22H16BrNO2. The van der Waals surface area contributed by atoms with E-state index < -0.39 is 5.72 Å². The van der Waals surface area contributed by atoms with Gasteiger partial charge in [0.05, 0.1) is 11.1 Å². The normalized spacial score (nSPS) is 19.5. The first-order valence-corrected chi connectivity index (χ1v) is 9.06. The smallest absolute Gasteiger partial charge is 0.330 e. The fraction of sp³-hybridized carbons (Fsp3) is 0.0455. The van der Waals surface area contributed by atoms with Gasteiger partial charge >= 0.3 is 5.72 Å². The number of rotatable bonds is 3. The molecule has 26 heavy (non-hydrogen) atoms. The van der Waals surface area contributed by atoms with E-state index in [2.05, 4.69) is 15.9 Å². The molecule has 0 amide bonds. The second kappa shape index (κ2) is 6.56. The van der Waals surface area contributed by atoms with Crippen molar-refractivity contribution in [3.05, 3.63) is 117 Å². The van der Waals surface area contributed by atoms with Gasteiger partial charge in [-0.25, -0.2) is 0 Å². The lowest BCUT2D eigenvalue weighted by molar-refractivity contribution is -0.591. The van der Waals surface area contributed by atoms with Crippen molar-refractivity contribution in [2.75, 3.05) is 0 Å². The van der Waals surface area contributed by atoms with Crippen molar-refractivity contribution in [1.29, 1.82) is 0 Å². The predicted molar refractivity (Wildman–Crippen MR) is 107 cm³/mol. The van der Waals surface area contributed by atoms with E-state index in [4.69, 9.17) is 0 Å². The van der Waals surface area contributed by atoms with E-state index in [1.54, 1.807) is 18.2 Å². The van der Waals surface area contributed by atoms with E-state index in [0.29, 0.717) is 21.6 Å². The van der Waals surface area contributed by atoms with Crippen LogP contribution in [0.2, 0.25) is 0 Å². The van der Waals surface area contributed by atoms with Crippen molar-refractivity contribution in [3.63, 3.8) is 0 Å². The lowest BCUT2D eigenvalue weighted by atomic mass is 9.90. The van der Waals surface area contributed by atoms with Crippen LogP contribution in [0.4, 0.5) is 0 Å². The summed E-state index contributed by atoms with van der Waals surface area (Å²) >= 11 is 3.41. The number of hydrogen-bond acceptors (Lipinski definition) is 2. The Morgan fingerprint density at radius 3 is 1.96 bits per heavy atom. The third kappa shape index (κ3) is 2.68.